The van der Waals surface area contributed by atoms with Gasteiger partial charge in [0.05, 0.1) is 24.3 Å². The quantitative estimate of drug-likeness (QED) is 0.421. The summed E-state index contributed by atoms with van der Waals surface area (Å²) in [6, 6.07) is 12.7. The van der Waals surface area contributed by atoms with Crippen LogP contribution < -0.4 is 9.47 Å². The molecule has 0 saturated carbocycles. The third-order valence-corrected chi connectivity index (χ3v) is 3.48. The number of hydrogen-bond acceptors (Lipinski definition) is 6. The van der Waals surface area contributed by atoms with E-state index in [-0.39, 0.29) is 13.2 Å². The van der Waals surface area contributed by atoms with Crippen molar-refractivity contribution in [2.24, 2.45) is 0 Å². The molecule has 26 heavy (non-hydrogen) atoms. The van der Waals surface area contributed by atoms with Crippen molar-refractivity contribution in [1.29, 1.82) is 0 Å². The van der Waals surface area contributed by atoms with Crippen molar-refractivity contribution < 1.29 is 28.9 Å². The third kappa shape index (κ3) is 5.89. The minimum atomic E-state index is -0.546. The van der Waals surface area contributed by atoms with Crippen molar-refractivity contribution in [1.82, 2.24) is 0 Å². The minimum Gasteiger partial charge on any atom is -0.494 e. The van der Waals surface area contributed by atoms with Crippen LogP contribution in [-0.2, 0) is 4.74 Å². The Kier molecular flexibility index (Phi) is 7.64. The summed E-state index contributed by atoms with van der Waals surface area (Å²) in [5, 5.41) is 8.64. The third-order valence-electron chi connectivity index (χ3n) is 3.48. The molecule has 2 aromatic rings. The van der Waals surface area contributed by atoms with E-state index in [1.54, 1.807) is 24.3 Å². The first-order valence-electron chi connectivity index (χ1n) is 8.47. The number of unbranched alkanes of at least 4 members (excludes halogenated alkanes) is 1. The number of carbonyl (C=O) groups is 2. The standard InChI is InChI=1S/C20H22O6/c1-2-3-13-24-17-8-4-16(5-9-17)20(23)26-18-10-6-15(7-11-18)19(22)25-14-12-21/h4-11,21H,2-3,12-14H2,1H3. The number of ether oxygens (including phenoxy) is 3. The fourth-order valence-electron chi connectivity index (χ4n) is 2.07. The van der Waals surface area contributed by atoms with Gasteiger partial charge in [0.2, 0.25) is 0 Å². The van der Waals surface area contributed by atoms with E-state index in [0.717, 1.165) is 12.8 Å². The molecule has 0 aliphatic carbocycles. The smallest absolute Gasteiger partial charge is 0.343 e. The molecule has 0 unspecified atom stereocenters. The highest BCUT2D eigenvalue weighted by Gasteiger charge is 2.11. The topological polar surface area (TPSA) is 82.1 Å². The number of benzene rings is 2. The van der Waals surface area contributed by atoms with E-state index >= 15 is 0 Å². The highest BCUT2D eigenvalue weighted by molar-refractivity contribution is 5.92. The molecule has 0 aliphatic rings. The van der Waals surface area contributed by atoms with Gasteiger partial charge in [0, 0.05) is 0 Å². The van der Waals surface area contributed by atoms with Gasteiger partial charge in [-0.15, -0.1) is 0 Å². The second kappa shape index (κ2) is 10.2. The second-order valence-electron chi connectivity index (χ2n) is 5.50. The molecule has 6 nitrogen and oxygen atoms in total. The fraction of sp³-hybridized carbons (Fsp3) is 0.300. The molecule has 6 heteroatoms. The minimum absolute atomic E-state index is 0.0618. The summed E-state index contributed by atoms with van der Waals surface area (Å²) in [5.74, 6) is -0.0194. The lowest BCUT2D eigenvalue weighted by Gasteiger charge is -2.08. The van der Waals surface area contributed by atoms with Gasteiger partial charge in [-0.2, -0.15) is 0 Å². The Bertz CT molecular complexity index is 706. The maximum Gasteiger partial charge on any atom is 0.343 e. The van der Waals surface area contributed by atoms with Crippen LogP contribution in [0.1, 0.15) is 40.5 Å². The first kappa shape index (κ1) is 19.5. The molecule has 0 heterocycles. The molecule has 0 bridgehead atoms. The van der Waals surface area contributed by atoms with Gasteiger partial charge in [0.15, 0.2) is 0 Å². The Labute approximate surface area is 152 Å². The molecule has 0 amide bonds. The first-order valence-corrected chi connectivity index (χ1v) is 8.47. The summed E-state index contributed by atoms with van der Waals surface area (Å²) < 4.78 is 15.6. The molecule has 0 aliphatic heterocycles. The molecule has 1 N–H and O–H groups in total. The molecule has 0 fully saturated rings. The van der Waals surface area contributed by atoms with Crippen LogP contribution in [0.4, 0.5) is 0 Å². The van der Waals surface area contributed by atoms with Crippen LogP contribution in [0.25, 0.3) is 0 Å². The van der Waals surface area contributed by atoms with E-state index in [9.17, 15) is 9.59 Å². The largest absolute Gasteiger partial charge is 0.494 e. The van der Waals surface area contributed by atoms with Crippen LogP contribution in [-0.4, -0.2) is 36.9 Å². The van der Waals surface area contributed by atoms with E-state index in [4.69, 9.17) is 19.3 Å². The normalized spacial score (nSPS) is 10.2. The summed E-state index contributed by atoms with van der Waals surface area (Å²) in [7, 11) is 0. The van der Waals surface area contributed by atoms with E-state index in [1.165, 1.54) is 24.3 Å². The van der Waals surface area contributed by atoms with Crippen LogP contribution in [0, 0.1) is 0 Å². The summed E-state index contributed by atoms with van der Waals surface area (Å²) in [4.78, 5) is 23.8. The van der Waals surface area contributed by atoms with E-state index in [2.05, 4.69) is 6.92 Å². The summed E-state index contributed by atoms with van der Waals surface area (Å²) in [6.07, 6.45) is 2.04. The lowest BCUT2D eigenvalue weighted by atomic mass is 10.2. The maximum absolute atomic E-state index is 12.2. The van der Waals surface area contributed by atoms with Crippen molar-refractivity contribution in [2.45, 2.75) is 19.8 Å². The highest BCUT2D eigenvalue weighted by Crippen LogP contribution is 2.17. The van der Waals surface area contributed by atoms with Crippen LogP contribution >= 0.6 is 0 Å². The Hall–Kier alpha value is -2.86. The Balaban J connectivity index is 1.91. The van der Waals surface area contributed by atoms with E-state index < -0.39 is 11.9 Å². The van der Waals surface area contributed by atoms with Crippen molar-refractivity contribution in [3.8, 4) is 11.5 Å². The lowest BCUT2D eigenvalue weighted by Crippen LogP contribution is -2.10. The van der Waals surface area contributed by atoms with Gasteiger partial charge in [0.1, 0.15) is 18.1 Å². The lowest BCUT2D eigenvalue weighted by molar-refractivity contribution is 0.0433. The average Bonchev–Trinajstić information content (AvgIpc) is 2.67. The fourth-order valence-corrected chi connectivity index (χ4v) is 2.07. The molecule has 2 aromatic carbocycles. The molecule has 0 spiro atoms. The van der Waals surface area contributed by atoms with Crippen LogP contribution in [0.3, 0.4) is 0 Å². The van der Waals surface area contributed by atoms with Crippen molar-refractivity contribution in [3.05, 3.63) is 59.7 Å². The van der Waals surface area contributed by atoms with Gasteiger partial charge in [-0.05, 0) is 55.0 Å². The molecule has 138 valence electrons. The molecule has 0 aromatic heterocycles. The van der Waals surface area contributed by atoms with Gasteiger partial charge in [-0.25, -0.2) is 9.59 Å². The van der Waals surface area contributed by atoms with E-state index in [1.807, 2.05) is 0 Å². The van der Waals surface area contributed by atoms with Crippen molar-refractivity contribution in [2.75, 3.05) is 19.8 Å². The Morgan fingerprint density at radius 1 is 0.846 bits per heavy atom. The maximum atomic E-state index is 12.2. The molecule has 0 saturated heterocycles. The number of aliphatic hydroxyl groups excluding tert-OH is 1. The van der Waals surface area contributed by atoms with Gasteiger partial charge in [-0.3, -0.25) is 0 Å². The zero-order chi connectivity index (χ0) is 18.8. The first-order chi connectivity index (χ1) is 12.6. The zero-order valence-electron chi connectivity index (χ0n) is 14.6. The van der Waals surface area contributed by atoms with Crippen molar-refractivity contribution >= 4 is 11.9 Å². The molecule has 0 atom stereocenters. The van der Waals surface area contributed by atoms with Crippen LogP contribution in [0.5, 0.6) is 11.5 Å². The van der Waals surface area contributed by atoms with Crippen LogP contribution in [0.2, 0.25) is 0 Å². The summed E-state index contributed by atoms with van der Waals surface area (Å²) in [5.41, 5.74) is 0.714. The highest BCUT2D eigenvalue weighted by atomic mass is 16.5. The Morgan fingerprint density at radius 3 is 2.00 bits per heavy atom. The van der Waals surface area contributed by atoms with Crippen molar-refractivity contribution in [3.63, 3.8) is 0 Å². The number of rotatable bonds is 9. The number of carbonyl (C=O) groups excluding carboxylic acids is 2. The van der Waals surface area contributed by atoms with Gasteiger partial charge >= 0.3 is 11.9 Å². The molecular weight excluding hydrogens is 336 g/mol. The number of hydrogen-bond donors (Lipinski definition) is 1. The van der Waals surface area contributed by atoms with Crippen LogP contribution in [0.15, 0.2) is 48.5 Å². The second-order valence-corrected chi connectivity index (χ2v) is 5.50. The number of esters is 2. The predicted octanol–water partition coefficient (Wildman–Crippen LogP) is 3.23. The summed E-state index contributed by atoms with van der Waals surface area (Å²) in [6.45, 7) is 2.44. The van der Waals surface area contributed by atoms with Gasteiger partial charge < -0.3 is 19.3 Å². The van der Waals surface area contributed by atoms with Gasteiger partial charge in [0.25, 0.3) is 0 Å². The number of aliphatic hydroxyl groups is 1. The van der Waals surface area contributed by atoms with E-state index in [0.29, 0.717) is 29.2 Å². The molecule has 2 rings (SSSR count). The summed E-state index contributed by atoms with van der Waals surface area (Å²) >= 11 is 0. The predicted molar refractivity (Wildman–Crippen MR) is 95.6 cm³/mol. The average molecular weight is 358 g/mol. The molecular formula is C20H22O6. The zero-order valence-corrected chi connectivity index (χ0v) is 14.6. The Morgan fingerprint density at radius 2 is 1.42 bits per heavy atom. The SMILES string of the molecule is CCCCOc1ccc(C(=O)Oc2ccc(C(=O)OCCO)cc2)cc1. The monoisotopic (exact) mass is 358 g/mol. The van der Waals surface area contributed by atoms with Gasteiger partial charge in [-0.1, -0.05) is 13.3 Å². The molecule has 0 radical (unpaired) electrons.